The summed E-state index contributed by atoms with van der Waals surface area (Å²) in [4.78, 5) is 2.33. The van der Waals surface area contributed by atoms with Crippen LogP contribution in [0, 0.1) is 5.92 Å². The van der Waals surface area contributed by atoms with Crippen molar-refractivity contribution in [2.75, 3.05) is 18.0 Å². The molecular weight excluding hydrogens is 292 g/mol. The monoisotopic (exact) mass is 312 g/mol. The summed E-state index contributed by atoms with van der Waals surface area (Å²) in [5.74, 6) is 0.318. The Kier molecular flexibility index (Phi) is 4.30. The van der Waals surface area contributed by atoms with Crippen molar-refractivity contribution in [3.8, 4) is 0 Å². The third-order valence-electron chi connectivity index (χ3n) is 3.70. The van der Waals surface area contributed by atoms with Gasteiger partial charge in [-0.3, -0.25) is 0 Å². The van der Waals surface area contributed by atoms with Gasteiger partial charge < -0.3 is 15.7 Å². The van der Waals surface area contributed by atoms with Gasteiger partial charge >= 0.3 is 0 Å². The highest BCUT2D eigenvalue weighted by Gasteiger charge is 2.25. The predicted octanol–water partition coefficient (Wildman–Crippen LogP) is 2.68. The SMILES string of the molecule is CC1CN(c2ccc([C@@H](C)N)cc2Br)CCC1O. The molecule has 3 nitrogen and oxygen atoms in total. The molecule has 3 atom stereocenters. The number of hydrogen-bond donors (Lipinski definition) is 2. The first kappa shape index (κ1) is 13.8. The number of nitrogens with zero attached hydrogens (tertiary/aromatic N) is 1. The molecule has 1 saturated heterocycles. The lowest BCUT2D eigenvalue weighted by Gasteiger charge is -2.36. The van der Waals surface area contributed by atoms with Gasteiger partial charge in [0.1, 0.15) is 0 Å². The van der Waals surface area contributed by atoms with Gasteiger partial charge in [-0.2, -0.15) is 0 Å². The lowest BCUT2D eigenvalue weighted by Crippen LogP contribution is -2.42. The maximum Gasteiger partial charge on any atom is 0.0599 e. The Morgan fingerprint density at radius 3 is 2.78 bits per heavy atom. The molecular formula is C14H21BrN2O. The van der Waals surface area contributed by atoms with Crippen LogP contribution in [0.5, 0.6) is 0 Å². The minimum Gasteiger partial charge on any atom is -0.393 e. The standard InChI is InChI=1S/C14H21BrN2O/c1-9-8-17(6-5-14(9)18)13-4-3-11(10(2)16)7-12(13)15/h3-4,7,9-10,14,18H,5-6,8,16H2,1-2H3/t9?,10-,14?/m1/s1. The number of benzene rings is 1. The zero-order valence-electron chi connectivity index (χ0n) is 10.9. The molecule has 0 bridgehead atoms. The highest BCUT2D eigenvalue weighted by atomic mass is 79.9. The summed E-state index contributed by atoms with van der Waals surface area (Å²) in [7, 11) is 0. The van der Waals surface area contributed by atoms with E-state index in [-0.39, 0.29) is 12.1 Å². The Morgan fingerprint density at radius 2 is 2.22 bits per heavy atom. The van der Waals surface area contributed by atoms with Gasteiger partial charge in [0.2, 0.25) is 0 Å². The fraction of sp³-hybridized carbons (Fsp3) is 0.571. The molecule has 1 aliphatic heterocycles. The molecule has 2 unspecified atom stereocenters. The van der Waals surface area contributed by atoms with Crippen molar-refractivity contribution in [1.82, 2.24) is 0 Å². The first-order valence-corrected chi connectivity index (χ1v) is 7.26. The number of piperidine rings is 1. The van der Waals surface area contributed by atoms with Gasteiger partial charge in [0.15, 0.2) is 0 Å². The second-order valence-corrected chi connectivity index (χ2v) is 6.13. The number of aliphatic hydroxyl groups excluding tert-OH is 1. The molecule has 0 saturated carbocycles. The van der Waals surface area contributed by atoms with Crippen LogP contribution in [0.4, 0.5) is 5.69 Å². The molecule has 2 rings (SSSR count). The van der Waals surface area contributed by atoms with Crippen molar-refractivity contribution >= 4 is 21.6 Å². The van der Waals surface area contributed by atoms with Crippen LogP contribution in [0.15, 0.2) is 22.7 Å². The van der Waals surface area contributed by atoms with Crippen molar-refractivity contribution in [2.45, 2.75) is 32.4 Å². The van der Waals surface area contributed by atoms with E-state index in [2.05, 4.69) is 46.0 Å². The summed E-state index contributed by atoms with van der Waals surface area (Å²) >= 11 is 3.63. The van der Waals surface area contributed by atoms with Gasteiger partial charge in [-0.1, -0.05) is 13.0 Å². The van der Waals surface area contributed by atoms with E-state index in [1.807, 2.05) is 6.92 Å². The van der Waals surface area contributed by atoms with Gasteiger partial charge in [0, 0.05) is 23.6 Å². The Bertz CT molecular complexity index is 422. The second-order valence-electron chi connectivity index (χ2n) is 5.28. The van der Waals surface area contributed by atoms with Gasteiger partial charge in [-0.25, -0.2) is 0 Å². The molecule has 18 heavy (non-hydrogen) atoms. The van der Waals surface area contributed by atoms with Crippen molar-refractivity contribution in [3.05, 3.63) is 28.2 Å². The van der Waals surface area contributed by atoms with E-state index in [1.54, 1.807) is 0 Å². The van der Waals surface area contributed by atoms with Crippen LogP contribution in [0.25, 0.3) is 0 Å². The maximum absolute atomic E-state index is 9.77. The van der Waals surface area contributed by atoms with E-state index >= 15 is 0 Å². The summed E-state index contributed by atoms with van der Waals surface area (Å²) < 4.78 is 1.08. The Morgan fingerprint density at radius 1 is 1.50 bits per heavy atom. The van der Waals surface area contributed by atoms with E-state index in [9.17, 15) is 5.11 Å². The van der Waals surface area contributed by atoms with Gasteiger partial charge in [0.05, 0.1) is 11.8 Å². The van der Waals surface area contributed by atoms with Crippen LogP contribution in [0.1, 0.15) is 31.9 Å². The third kappa shape index (κ3) is 2.87. The van der Waals surface area contributed by atoms with Crippen molar-refractivity contribution in [2.24, 2.45) is 11.7 Å². The lowest BCUT2D eigenvalue weighted by atomic mass is 9.96. The van der Waals surface area contributed by atoms with Gasteiger partial charge in [0.25, 0.3) is 0 Å². The summed E-state index contributed by atoms with van der Waals surface area (Å²) in [5.41, 5.74) is 8.21. The molecule has 0 spiro atoms. The predicted molar refractivity (Wildman–Crippen MR) is 78.7 cm³/mol. The molecule has 0 aliphatic carbocycles. The van der Waals surface area contributed by atoms with Crippen molar-refractivity contribution in [3.63, 3.8) is 0 Å². The topological polar surface area (TPSA) is 49.5 Å². The molecule has 3 N–H and O–H groups in total. The van der Waals surface area contributed by atoms with E-state index in [0.717, 1.165) is 29.5 Å². The molecule has 1 aliphatic rings. The summed E-state index contributed by atoms with van der Waals surface area (Å²) in [5, 5.41) is 9.77. The summed E-state index contributed by atoms with van der Waals surface area (Å²) in [6, 6.07) is 6.35. The fourth-order valence-corrected chi connectivity index (χ4v) is 3.06. The maximum atomic E-state index is 9.77. The van der Waals surface area contributed by atoms with E-state index < -0.39 is 0 Å². The van der Waals surface area contributed by atoms with Crippen molar-refractivity contribution in [1.29, 1.82) is 0 Å². The number of aliphatic hydroxyl groups is 1. The molecule has 0 amide bonds. The average molecular weight is 313 g/mol. The number of hydrogen-bond acceptors (Lipinski definition) is 3. The lowest BCUT2D eigenvalue weighted by molar-refractivity contribution is 0.0970. The van der Waals surface area contributed by atoms with Crippen LogP contribution in [0.2, 0.25) is 0 Å². The zero-order valence-corrected chi connectivity index (χ0v) is 12.5. The largest absolute Gasteiger partial charge is 0.393 e. The van der Waals surface area contributed by atoms with E-state index in [4.69, 9.17) is 5.73 Å². The zero-order chi connectivity index (χ0) is 13.3. The Hall–Kier alpha value is -0.580. The van der Waals surface area contributed by atoms with Crippen LogP contribution >= 0.6 is 15.9 Å². The number of nitrogens with two attached hydrogens (primary N) is 1. The summed E-state index contributed by atoms with van der Waals surface area (Å²) in [6.07, 6.45) is 0.672. The van der Waals surface area contributed by atoms with Gasteiger partial charge in [-0.05, 0) is 52.9 Å². The first-order valence-electron chi connectivity index (χ1n) is 6.47. The van der Waals surface area contributed by atoms with Crippen LogP contribution < -0.4 is 10.6 Å². The molecule has 1 aromatic carbocycles. The normalized spacial score (nSPS) is 26.2. The molecule has 0 radical (unpaired) electrons. The quantitative estimate of drug-likeness (QED) is 0.882. The molecule has 1 fully saturated rings. The molecule has 4 heteroatoms. The molecule has 1 heterocycles. The van der Waals surface area contributed by atoms with Crippen LogP contribution in [-0.4, -0.2) is 24.3 Å². The fourth-order valence-electron chi connectivity index (χ4n) is 2.41. The summed E-state index contributed by atoms with van der Waals surface area (Å²) in [6.45, 7) is 5.89. The second kappa shape index (κ2) is 5.59. The van der Waals surface area contributed by atoms with Gasteiger partial charge in [-0.15, -0.1) is 0 Å². The Labute approximate surface area is 117 Å². The van der Waals surface area contributed by atoms with Crippen LogP contribution in [-0.2, 0) is 0 Å². The van der Waals surface area contributed by atoms with Crippen molar-refractivity contribution < 1.29 is 5.11 Å². The smallest absolute Gasteiger partial charge is 0.0599 e. The number of halogens is 1. The highest BCUT2D eigenvalue weighted by Crippen LogP contribution is 2.32. The minimum atomic E-state index is -0.164. The molecule has 100 valence electrons. The Balaban J connectivity index is 2.19. The molecule has 0 aromatic heterocycles. The molecule has 1 aromatic rings. The first-order chi connectivity index (χ1) is 8.49. The van der Waals surface area contributed by atoms with E-state index in [0.29, 0.717) is 5.92 Å². The number of rotatable bonds is 2. The number of anilines is 1. The van der Waals surface area contributed by atoms with Crippen LogP contribution in [0.3, 0.4) is 0 Å². The third-order valence-corrected chi connectivity index (χ3v) is 4.33. The minimum absolute atomic E-state index is 0.0532. The van der Waals surface area contributed by atoms with E-state index in [1.165, 1.54) is 5.69 Å². The average Bonchev–Trinajstić information content (AvgIpc) is 2.32. The highest BCUT2D eigenvalue weighted by molar-refractivity contribution is 9.10.